The molecular formula is C19H19N3O5S. The lowest BCUT2D eigenvalue weighted by atomic mass is 10.2. The summed E-state index contributed by atoms with van der Waals surface area (Å²) in [5.41, 5.74) is 1.30. The first kappa shape index (κ1) is 18.6. The quantitative estimate of drug-likeness (QED) is 0.611. The topological polar surface area (TPSA) is 84.5 Å². The van der Waals surface area contributed by atoms with Crippen molar-refractivity contribution in [1.29, 1.82) is 0 Å². The minimum atomic E-state index is -0.625. The van der Waals surface area contributed by atoms with E-state index in [4.69, 9.17) is 14.2 Å². The van der Waals surface area contributed by atoms with E-state index in [1.54, 1.807) is 6.07 Å². The molecule has 0 bridgehead atoms. The summed E-state index contributed by atoms with van der Waals surface area (Å²) in [6, 6.07) is 11.0. The van der Waals surface area contributed by atoms with Crippen LogP contribution >= 0.6 is 12.6 Å². The Hall–Kier alpha value is -2.78. The molecular weight excluding hydrogens is 382 g/mol. The van der Waals surface area contributed by atoms with Crippen molar-refractivity contribution in [2.75, 3.05) is 36.6 Å². The number of thiol groups is 1. The number of fused-ring (bicyclic) bond motifs is 1. The lowest BCUT2D eigenvalue weighted by molar-refractivity contribution is -0.117. The molecule has 1 atom stereocenters. The highest BCUT2D eigenvalue weighted by Gasteiger charge is 2.38. The van der Waals surface area contributed by atoms with Gasteiger partial charge < -0.3 is 14.2 Å². The van der Waals surface area contributed by atoms with Crippen molar-refractivity contribution in [3.63, 3.8) is 0 Å². The van der Waals surface area contributed by atoms with E-state index >= 15 is 0 Å². The molecule has 2 amide bonds. The van der Waals surface area contributed by atoms with E-state index in [1.807, 2.05) is 30.3 Å². The van der Waals surface area contributed by atoms with Gasteiger partial charge in [0.1, 0.15) is 13.2 Å². The predicted molar refractivity (Wildman–Crippen MR) is 104 cm³/mol. The van der Waals surface area contributed by atoms with Crippen LogP contribution in [-0.2, 0) is 20.9 Å². The zero-order chi connectivity index (χ0) is 19.7. The highest BCUT2D eigenvalue weighted by atomic mass is 32.1. The molecule has 1 aromatic carbocycles. The number of amides is 2. The smallest absolute Gasteiger partial charge is 0.415 e. The van der Waals surface area contributed by atoms with Crippen LogP contribution in [0.5, 0.6) is 5.88 Å². The summed E-state index contributed by atoms with van der Waals surface area (Å²) in [5, 5.41) is 0. The Morgan fingerprint density at radius 2 is 2.11 bits per heavy atom. The zero-order valence-corrected chi connectivity index (χ0v) is 16.1. The Morgan fingerprint density at radius 3 is 2.79 bits per heavy atom. The molecule has 1 aromatic heterocycles. The normalized spacial score (nSPS) is 17.9. The van der Waals surface area contributed by atoms with Crippen molar-refractivity contribution < 1.29 is 23.8 Å². The minimum absolute atomic E-state index is 0.0168. The predicted octanol–water partition coefficient (Wildman–Crippen LogP) is 2.27. The molecule has 0 spiro atoms. The van der Waals surface area contributed by atoms with E-state index in [-0.39, 0.29) is 31.0 Å². The van der Waals surface area contributed by atoms with Gasteiger partial charge in [0.05, 0.1) is 36.9 Å². The summed E-state index contributed by atoms with van der Waals surface area (Å²) in [6.07, 6.45) is -0.641. The maximum absolute atomic E-state index is 12.7. The van der Waals surface area contributed by atoms with Crippen molar-refractivity contribution in [2.45, 2.75) is 17.6 Å². The second-order valence-corrected chi connectivity index (χ2v) is 6.93. The van der Waals surface area contributed by atoms with Crippen LogP contribution in [0.3, 0.4) is 0 Å². The van der Waals surface area contributed by atoms with Crippen LogP contribution < -0.4 is 14.5 Å². The average molecular weight is 401 g/mol. The third-order valence-corrected chi connectivity index (χ3v) is 4.80. The standard InChI is InChI=1S/C19H19N3O5S/c1-25-18-15(28)7-14-17(20-18)22(8-13-11-26-13)16(23)9-21(14)19(24)27-10-12-5-3-2-4-6-12/h2-7,13,28H,8-11H2,1H3. The summed E-state index contributed by atoms with van der Waals surface area (Å²) in [6.45, 7) is 0.940. The van der Waals surface area contributed by atoms with Crippen molar-refractivity contribution in [3.05, 3.63) is 42.0 Å². The number of aromatic nitrogens is 1. The molecule has 1 saturated heterocycles. The molecule has 0 radical (unpaired) electrons. The van der Waals surface area contributed by atoms with Gasteiger partial charge in [0.15, 0.2) is 5.82 Å². The Bertz CT molecular complexity index is 904. The lowest BCUT2D eigenvalue weighted by Gasteiger charge is -2.34. The third-order valence-electron chi connectivity index (χ3n) is 4.48. The first-order valence-electron chi connectivity index (χ1n) is 8.75. The first-order valence-corrected chi connectivity index (χ1v) is 9.19. The molecule has 0 N–H and O–H groups in total. The largest absolute Gasteiger partial charge is 0.480 e. The van der Waals surface area contributed by atoms with Crippen molar-refractivity contribution in [3.8, 4) is 5.88 Å². The number of rotatable bonds is 5. The van der Waals surface area contributed by atoms with Gasteiger partial charge in [-0.15, -0.1) is 12.6 Å². The van der Waals surface area contributed by atoms with E-state index in [2.05, 4.69) is 17.6 Å². The van der Waals surface area contributed by atoms with E-state index in [0.717, 1.165) is 5.56 Å². The summed E-state index contributed by atoms with van der Waals surface area (Å²) >= 11 is 4.37. The van der Waals surface area contributed by atoms with Gasteiger partial charge in [0, 0.05) is 0 Å². The minimum Gasteiger partial charge on any atom is -0.480 e. The van der Waals surface area contributed by atoms with Crippen LogP contribution in [0.1, 0.15) is 5.56 Å². The highest BCUT2D eigenvalue weighted by molar-refractivity contribution is 7.80. The Kier molecular flexibility index (Phi) is 5.10. The molecule has 1 fully saturated rings. The molecule has 1 unspecified atom stereocenters. The maximum Gasteiger partial charge on any atom is 0.415 e. The van der Waals surface area contributed by atoms with Crippen LogP contribution in [0.15, 0.2) is 41.3 Å². The second kappa shape index (κ2) is 7.69. The fourth-order valence-corrected chi connectivity index (χ4v) is 3.23. The summed E-state index contributed by atoms with van der Waals surface area (Å²) < 4.78 is 15.9. The summed E-state index contributed by atoms with van der Waals surface area (Å²) in [4.78, 5) is 33.1. The van der Waals surface area contributed by atoms with Crippen LogP contribution in [0.4, 0.5) is 16.3 Å². The molecule has 0 saturated carbocycles. The van der Waals surface area contributed by atoms with Gasteiger partial charge in [-0.25, -0.2) is 4.79 Å². The van der Waals surface area contributed by atoms with Gasteiger partial charge in [0.25, 0.3) is 0 Å². The summed E-state index contributed by atoms with van der Waals surface area (Å²) in [7, 11) is 1.47. The highest BCUT2D eigenvalue weighted by Crippen LogP contribution is 2.38. The Morgan fingerprint density at radius 1 is 1.36 bits per heavy atom. The number of methoxy groups -OCH3 is 1. The lowest BCUT2D eigenvalue weighted by Crippen LogP contribution is -2.50. The number of pyridine rings is 1. The van der Waals surface area contributed by atoms with Crippen molar-refractivity contribution >= 4 is 36.1 Å². The summed E-state index contributed by atoms with van der Waals surface area (Å²) in [5.74, 6) is 0.343. The molecule has 2 aliphatic heterocycles. The molecule has 0 aliphatic carbocycles. The molecule has 2 aliphatic rings. The number of anilines is 2. The fourth-order valence-electron chi connectivity index (χ4n) is 2.96. The molecule has 28 heavy (non-hydrogen) atoms. The number of benzene rings is 1. The SMILES string of the molecule is COc1nc2c(cc1S)N(C(=O)OCc1ccccc1)CC(=O)N2CC1CO1. The number of hydrogen-bond donors (Lipinski definition) is 1. The van der Waals surface area contributed by atoms with Crippen LogP contribution in [-0.4, -0.2) is 49.9 Å². The molecule has 8 nitrogen and oxygen atoms in total. The fraction of sp³-hybridized carbons (Fsp3) is 0.316. The number of hydrogen-bond acceptors (Lipinski definition) is 7. The molecule has 4 rings (SSSR count). The number of ether oxygens (including phenoxy) is 3. The Labute approximate surface area is 167 Å². The monoisotopic (exact) mass is 401 g/mol. The Balaban J connectivity index is 1.61. The van der Waals surface area contributed by atoms with Crippen molar-refractivity contribution in [1.82, 2.24) is 4.98 Å². The van der Waals surface area contributed by atoms with Gasteiger partial charge in [0.2, 0.25) is 11.8 Å². The van der Waals surface area contributed by atoms with E-state index < -0.39 is 6.09 Å². The first-order chi connectivity index (χ1) is 13.6. The van der Waals surface area contributed by atoms with Crippen LogP contribution in [0.2, 0.25) is 0 Å². The molecule has 2 aromatic rings. The van der Waals surface area contributed by atoms with E-state index in [1.165, 1.54) is 16.9 Å². The van der Waals surface area contributed by atoms with Gasteiger partial charge in [-0.3, -0.25) is 14.6 Å². The third kappa shape index (κ3) is 3.76. The van der Waals surface area contributed by atoms with Crippen LogP contribution in [0.25, 0.3) is 0 Å². The number of nitrogens with zero attached hydrogens (tertiary/aromatic N) is 3. The zero-order valence-electron chi connectivity index (χ0n) is 15.2. The van der Waals surface area contributed by atoms with Gasteiger partial charge in [-0.05, 0) is 11.6 Å². The number of epoxide rings is 1. The molecule has 9 heteroatoms. The second-order valence-electron chi connectivity index (χ2n) is 6.45. The van der Waals surface area contributed by atoms with E-state index in [0.29, 0.717) is 29.6 Å². The average Bonchev–Trinajstić information content (AvgIpc) is 3.53. The van der Waals surface area contributed by atoms with E-state index in [9.17, 15) is 9.59 Å². The van der Waals surface area contributed by atoms with Gasteiger partial charge in [-0.2, -0.15) is 4.98 Å². The molecule has 146 valence electrons. The van der Waals surface area contributed by atoms with Gasteiger partial charge >= 0.3 is 6.09 Å². The van der Waals surface area contributed by atoms with Gasteiger partial charge in [-0.1, -0.05) is 30.3 Å². The van der Waals surface area contributed by atoms with Crippen molar-refractivity contribution in [2.24, 2.45) is 0 Å². The molecule has 3 heterocycles. The maximum atomic E-state index is 12.7. The van der Waals surface area contributed by atoms with Crippen LogP contribution in [0, 0.1) is 0 Å². The number of carbonyl (C=O) groups excluding carboxylic acids is 2. The number of carbonyl (C=O) groups is 2.